The number of thiocarbonyl (C=S) groups is 1. The Hall–Kier alpha value is -2.70. The van der Waals surface area contributed by atoms with Gasteiger partial charge >= 0.3 is 0 Å². The molecule has 0 bridgehead atoms. The molecule has 0 unspecified atom stereocenters. The van der Waals surface area contributed by atoms with Crippen molar-refractivity contribution in [3.63, 3.8) is 0 Å². The van der Waals surface area contributed by atoms with E-state index < -0.39 is 0 Å². The molecule has 0 saturated carbocycles. The zero-order valence-corrected chi connectivity index (χ0v) is 20.7. The number of nitrogens with zero attached hydrogens (tertiary/aromatic N) is 3. The molecular weight excluding hydrogens is 428 g/mol. The number of benzene rings is 1. The molecule has 2 fully saturated rings. The van der Waals surface area contributed by atoms with E-state index in [1.807, 2.05) is 18.3 Å². The number of hydrogen-bond acceptors (Lipinski definition) is 3. The minimum atomic E-state index is -0.00680. The highest BCUT2D eigenvalue weighted by molar-refractivity contribution is 7.80. The van der Waals surface area contributed by atoms with Crippen molar-refractivity contribution < 1.29 is 4.74 Å². The maximum atomic E-state index is 6.00. The van der Waals surface area contributed by atoms with Crippen molar-refractivity contribution >= 4 is 17.3 Å². The van der Waals surface area contributed by atoms with Crippen LogP contribution in [0.3, 0.4) is 0 Å². The smallest absolute Gasteiger partial charge is 0.170 e. The number of hydrogen-bond donors (Lipinski definition) is 1. The number of nitrogens with one attached hydrogen (secondary N) is 1. The quantitative estimate of drug-likeness (QED) is 0.526. The Kier molecular flexibility index (Phi) is 5.97. The van der Waals surface area contributed by atoms with Crippen LogP contribution >= 0.6 is 12.2 Å². The van der Waals surface area contributed by atoms with Crippen LogP contribution in [0.2, 0.25) is 0 Å². The Bertz CT molecular complexity index is 1170. The molecule has 0 amide bonds. The van der Waals surface area contributed by atoms with Gasteiger partial charge in [-0.05, 0) is 93.7 Å². The molecule has 2 aromatic heterocycles. The molecule has 1 N–H and O–H groups in total. The zero-order chi connectivity index (χ0) is 23.1. The monoisotopic (exact) mass is 460 g/mol. The lowest BCUT2D eigenvalue weighted by Crippen LogP contribution is -2.36. The summed E-state index contributed by atoms with van der Waals surface area (Å²) in [6.07, 6.45) is 4.28. The van der Waals surface area contributed by atoms with Crippen LogP contribution in [-0.2, 0) is 4.74 Å². The molecule has 2 aliphatic rings. The van der Waals surface area contributed by atoms with Crippen LogP contribution in [0.1, 0.15) is 58.7 Å². The van der Waals surface area contributed by atoms with Gasteiger partial charge in [0.1, 0.15) is 0 Å². The Morgan fingerprint density at radius 2 is 1.97 bits per heavy atom. The number of aryl methyl sites for hydroxylation is 2. The molecule has 5 rings (SSSR count). The fraction of sp³-hybridized carbons (Fsp3) is 0.407. The lowest BCUT2D eigenvalue weighted by atomic mass is 9.96. The summed E-state index contributed by atoms with van der Waals surface area (Å²) in [5, 5.41) is 4.37. The standard InChI is InChI=1S/C27H32N4OS/c1-17-9-7-12-24(19(17)3)31-18(2)15-22(20(31)4)26-25(23-11-5-6-13-28-23)29-27(33)30(26)16-21-10-8-14-32-21/h5-7,9,11-13,15,21,25-26H,8,10,14,16H2,1-4H3,(H,29,33)/t21-,25-,26-/m1/s1. The van der Waals surface area contributed by atoms with Gasteiger partial charge in [0.25, 0.3) is 0 Å². The molecule has 5 nitrogen and oxygen atoms in total. The third-order valence-corrected chi connectivity index (χ3v) is 7.58. The first-order valence-corrected chi connectivity index (χ1v) is 12.2. The second-order valence-corrected chi connectivity index (χ2v) is 9.68. The van der Waals surface area contributed by atoms with Crippen molar-refractivity contribution in [1.29, 1.82) is 0 Å². The summed E-state index contributed by atoms with van der Waals surface area (Å²) in [4.78, 5) is 7.03. The zero-order valence-electron chi connectivity index (χ0n) is 19.8. The van der Waals surface area contributed by atoms with Crippen LogP contribution in [-0.4, -0.2) is 38.8 Å². The van der Waals surface area contributed by atoms with Crippen molar-refractivity contribution in [2.24, 2.45) is 0 Å². The third-order valence-electron chi connectivity index (χ3n) is 7.23. The molecule has 0 aliphatic carbocycles. The van der Waals surface area contributed by atoms with E-state index in [0.717, 1.165) is 36.8 Å². The topological polar surface area (TPSA) is 42.3 Å². The van der Waals surface area contributed by atoms with Gasteiger partial charge in [-0.3, -0.25) is 4.98 Å². The third kappa shape index (κ3) is 3.96. The van der Waals surface area contributed by atoms with Crippen molar-refractivity contribution in [2.45, 2.75) is 58.7 Å². The molecule has 2 aliphatic heterocycles. The molecule has 6 heteroatoms. The predicted octanol–water partition coefficient (Wildman–Crippen LogP) is 5.26. The maximum Gasteiger partial charge on any atom is 0.170 e. The van der Waals surface area contributed by atoms with Gasteiger partial charge in [0.15, 0.2) is 5.11 Å². The second-order valence-electron chi connectivity index (χ2n) is 9.29. The first-order valence-electron chi connectivity index (χ1n) is 11.8. The van der Waals surface area contributed by atoms with Crippen molar-refractivity contribution in [1.82, 2.24) is 19.8 Å². The van der Waals surface area contributed by atoms with Crippen LogP contribution in [0.4, 0.5) is 0 Å². The number of aromatic nitrogens is 2. The van der Waals surface area contributed by atoms with Crippen LogP contribution < -0.4 is 5.32 Å². The highest BCUT2D eigenvalue weighted by Crippen LogP contribution is 2.42. The highest BCUT2D eigenvalue weighted by atomic mass is 32.1. The van der Waals surface area contributed by atoms with Crippen LogP contribution in [0.5, 0.6) is 0 Å². The number of ether oxygens (including phenoxy) is 1. The van der Waals surface area contributed by atoms with Gasteiger partial charge in [0.05, 0.1) is 23.9 Å². The molecule has 4 heterocycles. The SMILES string of the molecule is Cc1cccc(-n2c(C)cc([C@@H]3[C@@H](c4ccccn4)NC(=S)N3C[C@H]3CCCO3)c2C)c1C. The minimum absolute atomic E-state index is 0.00680. The van der Waals surface area contributed by atoms with E-state index in [0.29, 0.717) is 0 Å². The molecule has 2 saturated heterocycles. The maximum absolute atomic E-state index is 6.00. The summed E-state index contributed by atoms with van der Waals surface area (Å²) in [7, 11) is 0. The lowest BCUT2D eigenvalue weighted by Gasteiger charge is -2.30. The molecule has 1 aromatic carbocycles. The van der Waals surface area contributed by atoms with Gasteiger partial charge in [-0.2, -0.15) is 0 Å². The Balaban J connectivity index is 1.61. The van der Waals surface area contributed by atoms with E-state index in [9.17, 15) is 0 Å². The first kappa shape index (κ1) is 22.1. The van der Waals surface area contributed by atoms with Crippen LogP contribution in [0.15, 0.2) is 48.7 Å². The summed E-state index contributed by atoms with van der Waals surface area (Å²) in [6, 6.07) is 15.0. The molecule has 33 heavy (non-hydrogen) atoms. The van der Waals surface area contributed by atoms with Gasteiger partial charge in [0, 0.05) is 36.4 Å². The number of rotatable bonds is 5. The van der Waals surface area contributed by atoms with Gasteiger partial charge in [-0.25, -0.2) is 0 Å². The molecule has 0 spiro atoms. The van der Waals surface area contributed by atoms with Gasteiger partial charge in [-0.1, -0.05) is 18.2 Å². The van der Waals surface area contributed by atoms with E-state index in [-0.39, 0.29) is 18.2 Å². The molecule has 3 aromatic rings. The first-order chi connectivity index (χ1) is 16.0. The van der Waals surface area contributed by atoms with E-state index in [1.165, 1.54) is 33.8 Å². The van der Waals surface area contributed by atoms with Gasteiger partial charge < -0.3 is 19.5 Å². The largest absolute Gasteiger partial charge is 0.376 e. The van der Waals surface area contributed by atoms with Gasteiger partial charge in [0.2, 0.25) is 0 Å². The Labute approximate surface area is 201 Å². The average Bonchev–Trinajstić information content (AvgIpc) is 3.51. The van der Waals surface area contributed by atoms with Crippen molar-refractivity contribution in [3.05, 3.63) is 82.4 Å². The van der Waals surface area contributed by atoms with Crippen molar-refractivity contribution in [2.75, 3.05) is 13.2 Å². The van der Waals surface area contributed by atoms with Crippen molar-refractivity contribution in [3.8, 4) is 5.69 Å². The fourth-order valence-corrected chi connectivity index (χ4v) is 5.70. The Morgan fingerprint density at radius 3 is 2.70 bits per heavy atom. The normalized spacial score (nSPS) is 22.7. The molecule has 0 radical (unpaired) electrons. The number of pyridine rings is 1. The Morgan fingerprint density at radius 1 is 1.12 bits per heavy atom. The molecule has 3 atom stereocenters. The van der Waals surface area contributed by atoms with Crippen LogP contribution in [0.25, 0.3) is 5.69 Å². The summed E-state index contributed by atoms with van der Waals surface area (Å²) in [6.45, 7) is 10.4. The second kappa shape index (κ2) is 8.92. The molecular formula is C27H32N4OS. The van der Waals surface area contributed by atoms with Crippen LogP contribution in [0, 0.1) is 27.7 Å². The van der Waals surface area contributed by atoms with Gasteiger partial charge in [-0.15, -0.1) is 0 Å². The molecule has 172 valence electrons. The highest BCUT2D eigenvalue weighted by Gasteiger charge is 2.42. The summed E-state index contributed by atoms with van der Waals surface area (Å²) in [5.74, 6) is 0. The van der Waals surface area contributed by atoms with E-state index in [2.05, 4.69) is 72.8 Å². The predicted molar refractivity (Wildman–Crippen MR) is 136 cm³/mol. The van der Waals surface area contributed by atoms with E-state index in [4.69, 9.17) is 21.9 Å². The summed E-state index contributed by atoms with van der Waals surface area (Å²) < 4.78 is 8.38. The lowest BCUT2D eigenvalue weighted by molar-refractivity contribution is 0.0842. The minimum Gasteiger partial charge on any atom is -0.376 e. The fourth-order valence-electron chi connectivity index (χ4n) is 5.38. The summed E-state index contributed by atoms with van der Waals surface area (Å²) in [5.41, 5.74) is 8.62. The van der Waals surface area contributed by atoms with E-state index in [1.54, 1.807) is 0 Å². The van der Waals surface area contributed by atoms with E-state index >= 15 is 0 Å². The summed E-state index contributed by atoms with van der Waals surface area (Å²) >= 11 is 5.87. The average molecular weight is 461 g/mol.